The van der Waals surface area contributed by atoms with Crippen molar-refractivity contribution in [3.63, 3.8) is 0 Å². The topological polar surface area (TPSA) is 33.1 Å². The summed E-state index contributed by atoms with van der Waals surface area (Å²) in [5.41, 5.74) is 0.188. The molecular weight excluding hydrogens is 192 g/mol. The number of aromatic hydroxyl groups is 1. The van der Waals surface area contributed by atoms with E-state index in [-0.39, 0.29) is 10.5 Å². The van der Waals surface area contributed by atoms with Gasteiger partial charge >= 0.3 is 0 Å². The molecule has 0 saturated heterocycles. The van der Waals surface area contributed by atoms with Crippen LogP contribution < -0.4 is 0 Å². The van der Waals surface area contributed by atoms with Crippen LogP contribution in [0.4, 0.5) is 4.39 Å². The van der Waals surface area contributed by atoms with Crippen LogP contribution in [0.1, 0.15) is 0 Å². The Kier molecular flexibility index (Phi) is 1.81. The van der Waals surface area contributed by atoms with Crippen molar-refractivity contribution in [2.75, 3.05) is 0 Å². The summed E-state index contributed by atoms with van der Waals surface area (Å²) in [6, 6.07) is 4.41. The van der Waals surface area contributed by atoms with Crippen LogP contribution in [0.3, 0.4) is 0 Å². The molecule has 0 saturated carbocycles. The van der Waals surface area contributed by atoms with Crippen LogP contribution in [0.2, 0.25) is 5.02 Å². The Balaban J connectivity index is 2.97. The molecule has 0 aliphatic rings. The lowest BCUT2D eigenvalue weighted by molar-refractivity contribution is 0.437. The van der Waals surface area contributed by atoms with Crippen molar-refractivity contribution >= 4 is 22.5 Å². The highest BCUT2D eigenvalue weighted by Crippen LogP contribution is 2.31. The number of pyridine rings is 1. The van der Waals surface area contributed by atoms with E-state index in [1.165, 1.54) is 6.20 Å². The maximum Gasteiger partial charge on any atom is 0.178 e. The quantitative estimate of drug-likeness (QED) is 0.703. The third-order valence-corrected chi connectivity index (χ3v) is 2.08. The number of rotatable bonds is 0. The van der Waals surface area contributed by atoms with Gasteiger partial charge in [0.2, 0.25) is 0 Å². The molecule has 1 heterocycles. The molecule has 0 bridgehead atoms. The normalized spacial score (nSPS) is 10.6. The fourth-order valence-corrected chi connectivity index (χ4v) is 1.41. The zero-order valence-electron chi connectivity index (χ0n) is 6.46. The van der Waals surface area contributed by atoms with Gasteiger partial charge in [-0.3, -0.25) is 4.98 Å². The Bertz CT molecular complexity index is 472. The number of halogens is 2. The molecular formula is C9H5ClFNO. The maximum atomic E-state index is 12.9. The number of phenols is 1. The van der Waals surface area contributed by atoms with E-state index in [0.29, 0.717) is 5.39 Å². The molecule has 0 atom stereocenters. The van der Waals surface area contributed by atoms with Crippen molar-refractivity contribution < 1.29 is 9.50 Å². The van der Waals surface area contributed by atoms with Gasteiger partial charge in [-0.1, -0.05) is 11.6 Å². The second kappa shape index (κ2) is 2.85. The number of aromatic nitrogens is 1. The predicted molar refractivity (Wildman–Crippen MR) is 48.4 cm³/mol. The van der Waals surface area contributed by atoms with Gasteiger partial charge in [-0.05, 0) is 18.2 Å². The number of hydrogen-bond acceptors (Lipinski definition) is 2. The SMILES string of the molecule is Oc1c([18F])cc(Cl)c2cccnc12. The fourth-order valence-electron chi connectivity index (χ4n) is 1.16. The Hall–Kier alpha value is -1.35. The van der Waals surface area contributed by atoms with E-state index in [9.17, 15) is 9.50 Å². The van der Waals surface area contributed by atoms with Crippen molar-refractivity contribution in [1.82, 2.24) is 4.98 Å². The molecule has 4 heteroatoms. The Morgan fingerprint density at radius 3 is 3.00 bits per heavy atom. The zero-order chi connectivity index (χ0) is 9.42. The second-order valence-electron chi connectivity index (χ2n) is 2.59. The van der Waals surface area contributed by atoms with Gasteiger partial charge in [-0.15, -0.1) is 0 Å². The first-order valence-electron chi connectivity index (χ1n) is 3.62. The molecule has 0 aliphatic carbocycles. The van der Waals surface area contributed by atoms with E-state index in [2.05, 4.69) is 4.98 Å². The van der Waals surface area contributed by atoms with Crippen molar-refractivity contribution in [2.45, 2.75) is 0 Å². The van der Waals surface area contributed by atoms with E-state index in [1.54, 1.807) is 12.1 Å². The second-order valence-corrected chi connectivity index (χ2v) is 3.00. The lowest BCUT2D eigenvalue weighted by atomic mass is 10.2. The van der Waals surface area contributed by atoms with Crippen LogP contribution in [0.25, 0.3) is 10.9 Å². The van der Waals surface area contributed by atoms with E-state index in [0.717, 1.165) is 6.07 Å². The Morgan fingerprint density at radius 1 is 1.46 bits per heavy atom. The third-order valence-electron chi connectivity index (χ3n) is 1.77. The fraction of sp³-hybridized carbons (Fsp3) is 0. The predicted octanol–water partition coefficient (Wildman–Crippen LogP) is 2.73. The highest BCUT2D eigenvalue weighted by Gasteiger charge is 2.09. The lowest BCUT2D eigenvalue weighted by Crippen LogP contribution is -1.84. The summed E-state index contributed by atoms with van der Waals surface area (Å²) in [6.45, 7) is 0. The summed E-state index contributed by atoms with van der Waals surface area (Å²) < 4.78 is 12.9. The largest absolute Gasteiger partial charge is 0.503 e. The van der Waals surface area contributed by atoms with Crippen LogP contribution in [-0.2, 0) is 0 Å². The first kappa shape index (κ1) is 8.26. The van der Waals surface area contributed by atoms with E-state index >= 15 is 0 Å². The minimum absolute atomic E-state index is 0.188. The lowest BCUT2D eigenvalue weighted by Gasteiger charge is -2.02. The van der Waals surface area contributed by atoms with Crippen molar-refractivity contribution in [2.24, 2.45) is 0 Å². The zero-order valence-corrected chi connectivity index (χ0v) is 7.22. The maximum absolute atomic E-state index is 12.9. The average molecular weight is 197 g/mol. The molecule has 1 aromatic carbocycles. The molecule has 0 spiro atoms. The standard InChI is InChI=1S/C9H5ClFNO/c10-6-4-7(11)9(13)8-5(6)2-1-3-12-8/h1-4,13H/i11-1. The summed E-state index contributed by atoms with van der Waals surface area (Å²) in [5, 5.41) is 10.1. The molecule has 0 aliphatic heterocycles. The molecule has 0 fully saturated rings. The van der Waals surface area contributed by atoms with Crippen molar-refractivity contribution in [1.29, 1.82) is 0 Å². The summed E-state index contributed by atoms with van der Waals surface area (Å²) in [6.07, 6.45) is 1.47. The summed E-state index contributed by atoms with van der Waals surface area (Å²) in [7, 11) is 0. The monoisotopic (exact) mass is 196 g/mol. The number of hydrogen-bond donors (Lipinski definition) is 1. The summed E-state index contributed by atoms with van der Waals surface area (Å²) in [5.74, 6) is -1.21. The number of phenolic OH excluding ortho intramolecular Hbond substituents is 1. The van der Waals surface area contributed by atoms with Crippen LogP contribution >= 0.6 is 11.6 Å². The van der Waals surface area contributed by atoms with Crippen molar-refractivity contribution in [3.8, 4) is 5.75 Å². The molecule has 0 unspecified atom stereocenters. The van der Waals surface area contributed by atoms with Gasteiger partial charge in [-0.25, -0.2) is 4.39 Å². The van der Waals surface area contributed by atoms with Crippen LogP contribution in [-0.4, -0.2) is 10.1 Å². The van der Waals surface area contributed by atoms with E-state index in [4.69, 9.17) is 11.6 Å². The molecule has 2 nitrogen and oxygen atoms in total. The van der Waals surface area contributed by atoms with Crippen LogP contribution in [0.15, 0.2) is 24.4 Å². The van der Waals surface area contributed by atoms with Gasteiger partial charge in [0, 0.05) is 11.6 Å². The molecule has 66 valence electrons. The average Bonchev–Trinajstić information content (AvgIpc) is 2.15. The van der Waals surface area contributed by atoms with Gasteiger partial charge in [0.15, 0.2) is 11.6 Å². The first-order valence-corrected chi connectivity index (χ1v) is 3.99. The minimum Gasteiger partial charge on any atom is -0.503 e. The summed E-state index contributed by atoms with van der Waals surface area (Å²) in [4.78, 5) is 3.83. The van der Waals surface area contributed by atoms with Crippen LogP contribution in [0, 0.1) is 5.82 Å². The van der Waals surface area contributed by atoms with Crippen LogP contribution in [0.5, 0.6) is 5.75 Å². The smallest absolute Gasteiger partial charge is 0.178 e. The molecule has 1 N–H and O–H groups in total. The van der Waals surface area contributed by atoms with Gasteiger partial charge in [0.05, 0.1) is 5.02 Å². The van der Waals surface area contributed by atoms with E-state index < -0.39 is 11.6 Å². The molecule has 1 aromatic heterocycles. The molecule has 0 radical (unpaired) electrons. The minimum atomic E-state index is -0.754. The van der Waals surface area contributed by atoms with E-state index in [1.807, 2.05) is 0 Å². The number of benzene rings is 1. The van der Waals surface area contributed by atoms with Gasteiger partial charge in [0.25, 0.3) is 0 Å². The van der Waals surface area contributed by atoms with Gasteiger partial charge in [-0.2, -0.15) is 0 Å². The Morgan fingerprint density at radius 2 is 2.23 bits per heavy atom. The highest BCUT2D eigenvalue weighted by atomic mass is 35.5. The third kappa shape index (κ3) is 1.21. The highest BCUT2D eigenvalue weighted by molar-refractivity contribution is 6.35. The van der Waals surface area contributed by atoms with Crippen molar-refractivity contribution in [3.05, 3.63) is 35.2 Å². The van der Waals surface area contributed by atoms with Gasteiger partial charge < -0.3 is 5.11 Å². The molecule has 13 heavy (non-hydrogen) atoms. The molecule has 2 aromatic rings. The molecule has 0 amide bonds. The van der Waals surface area contributed by atoms with Gasteiger partial charge in [0.1, 0.15) is 5.52 Å². The number of fused-ring (bicyclic) bond motifs is 1. The first-order chi connectivity index (χ1) is 6.20. The molecule has 2 rings (SSSR count). The summed E-state index contributed by atoms with van der Waals surface area (Å²) >= 11 is 5.74. The number of nitrogens with zero attached hydrogens (tertiary/aromatic N) is 1. The Labute approximate surface area is 78.6 Å².